The van der Waals surface area contributed by atoms with Crippen LogP contribution in [0.1, 0.15) is 28.9 Å². The van der Waals surface area contributed by atoms with Crippen LogP contribution in [-0.2, 0) is 16.1 Å². The van der Waals surface area contributed by atoms with Crippen molar-refractivity contribution in [1.82, 2.24) is 25.3 Å². The lowest BCUT2D eigenvalue weighted by Gasteiger charge is -2.17. The van der Waals surface area contributed by atoms with Gasteiger partial charge in [0.2, 0.25) is 5.95 Å². The first-order chi connectivity index (χ1) is 19.0. The van der Waals surface area contributed by atoms with E-state index in [4.69, 9.17) is 10.8 Å². The molecule has 0 spiro atoms. The maximum Gasteiger partial charge on any atom is 0.326 e. The van der Waals surface area contributed by atoms with E-state index in [1.807, 2.05) is 0 Å². The highest BCUT2D eigenvalue weighted by atomic mass is 16.4. The highest BCUT2D eigenvalue weighted by Gasteiger charge is 2.24. The van der Waals surface area contributed by atoms with Gasteiger partial charge in [-0.1, -0.05) is 12.1 Å². The van der Waals surface area contributed by atoms with Crippen molar-refractivity contribution in [1.29, 1.82) is 0 Å². The Balaban J connectivity index is 1.65. The minimum atomic E-state index is -1.48. The lowest BCUT2D eigenvalue weighted by atomic mass is 9.96. The second-order valence-electron chi connectivity index (χ2n) is 8.57. The van der Waals surface area contributed by atoms with Crippen molar-refractivity contribution >= 4 is 40.6 Å². The van der Waals surface area contributed by atoms with Crippen molar-refractivity contribution in [3.05, 3.63) is 64.2 Å². The standard InChI is InChI=1S/C25H23N7O8/c26-25-31-21-19(23(38)32-25)29-12(10-28-21)9-27-11-4-5-14(15(8-11)13-2-1-3-17(33)20(13)36)22(37)30-16(24(39)40)6-7-18(34)35/h1-5,8,10,16,27,33,36H,6-7,9H2,(H,30,37)(H,34,35)(H,39,40)(H3,26,28,31,32,38)/t16-/m0/s1. The molecule has 0 aliphatic heterocycles. The molecule has 1 atom stereocenters. The molecule has 0 saturated heterocycles. The highest BCUT2D eigenvalue weighted by molar-refractivity contribution is 6.03. The third kappa shape index (κ3) is 6.04. The third-order valence-corrected chi connectivity index (χ3v) is 5.78. The third-order valence-electron chi connectivity index (χ3n) is 5.78. The van der Waals surface area contributed by atoms with Crippen molar-refractivity contribution in [2.45, 2.75) is 25.4 Å². The summed E-state index contributed by atoms with van der Waals surface area (Å²) in [6, 6.07) is 7.03. The number of amides is 1. The molecule has 2 heterocycles. The topological polar surface area (TPSA) is 254 Å². The first-order valence-corrected chi connectivity index (χ1v) is 11.7. The lowest BCUT2D eigenvalue weighted by molar-refractivity contribution is -0.140. The number of aromatic amines is 1. The van der Waals surface area contributed by atoms with E-state index >= 15 is 0 Å². The van der Waals surface area contributed by atoms with Gasteiger partial charge in [0.15, 0.2) is 22.7 Å². The summed E-state index contributed by atoms with van der Waals surface area (Å²) in [5.41, 5.74) is 5.99. The van der Waals surface area contributed by atoms with E-state index in [9.17, 15) is 34.5 Å². The molecule has 40 heavy (non-hydrogen) atoms. The number of nitrogen functional groups attached to an aromatic ring is 1. The van der Waals surface area contributed by atoms with E-state index in [0.717, 1.165) is 0 Å². The van der Waals surface area contributed by atoms with Crippen molar-refractivity contribution in [3.8, 4) is 22.6 Å². The molecule has 0 saturated carbocycles. The Morgan fingerprint density at radius 1 is 1.05 bits per heavy atom. The number of aromatic nitrogens is 4. The maximum atomic E-state index is 13.1. The first-order valence-electron chi connectivity index (χ1n) is 11.7. The minimum Gasteiger partial charge on any atom is -0.504 e. The molecule has 2 aromatic carbocycles. The fourth-order valence-corrected chi connectivity index (χ4v) is 3.83. The molecule has 0 radical (unpaired) electrons. The van der Waals surface area contributed by atoms with Gasteiger partial charge in [-0.25, -0.2) is 14.8 Å². The zero-order valence-electron chi connectivity index (χ0n) is 20.6. The zero-order valence-corrected chi connectivity index (χ0v) is 20.6. The Morgan fingerprint density at radius 3 is 2.55 bits per heavy atom. The number of hydrogen-bond donors (Lipinski definition) is 8. The Morgan fingerprint density at radius 2 is 1.82 bits per heavy atom. The quantitative estimate of drug-likeness (QED) is 0.129. The largest absolute Gasteiger partial charge is 0.504 e. The predicted octanol–water partition coefficient (Wildman–Crippen LogP) is 1.03. The average Bonchev–Trinajstić information content (AvgIpc) is 2.91. The van der Waals surface area contributed by atoms with Gasteiger partial charge in [0.1, 0.15) is 6.04 Å². The number of carbonyl (C=O) groups excluding carboxylic acids is 1. The number of nitrogens with two attached hydrogens (primary N) is 1. The van der Waals surface area contributed by atoms with Crippen LogP contribution in [-0.4, -0.2) is 64.2 Å². The van der Waals surface area contributed by atoms with E-state index in [2.05, 4.69) is 30.6 Å². The number of carboxylic acid groups (broad SMARTS) is 2. The van der Waals surface area contributed by atoms with Crippen LogP contribution in [0.4, 0.5) is 11.6 Å². The summed E-state index contributed by atoms with van der Waals surface area (Å²) >= 11 is 0. The number of anilines is 2. The van der Waals surface area contributed by atoms with E-state index < -0.39 is 47.4 Å². The molecule has 1 amide bonds. The smallest absolute Gasteiger partial charge is 0.326 e. The van der Waals surface area contributed by atoms with Gasteiger partial charge < -0.3 is 36.8 Å². The van der Waals surface area contributed by atoms with Gasteiger partial charge >= 0.3 is 11.9 Å². The van der Waals surface area contributed by atoms with Crippen molar-refractivity contribution in [3.63, 3.8) is 0 Å². The molecule has 15 nitrogen and oxygen atoms in total. The lowest BCUT2D eigenvalue weighted by Crippen LogP contribution is -2.41. The number of phenolic OH excluding ortho intramolecular Hbond substituents is 2. The van der Waals surface area contributed by atoms with Crippen molar-refractivity contribution in [2.75, 3.05) is 11.1 Å². The van der Waals surface area contributed by atoms with Gasteiger partial charge in [0, 0.05) is 28.8 Å². The SMILES string of the molecule is Nc1nc2ncc(CNc3ccc(C(=O)N[C@@H](CCC(=O)O)C(=O)O)c(-c4cccc(O)c4O)c3)nc2c(=O)[nH]1. The molecular weight excluding hydrogens is 526 g/mol. The van der Waals surface area contributed by atoms with Gasteiger partial charge in [-0.15, -0.1) is 0 Å². The number of para-hydroxylation sites is 1. The van der Waals surface area contributed by atoms with E-state index in [-0.39, 0.29) is 46.8 Å². The van der Waals surface area contributed by atoms with Crippen molar-refractivity contribution < 1.29 is 34.8 Å². The summed E-state index contributed by atoms with van der Waals surface area (Å²) < 4.78 is 0. The van der Waals surface area contributed by atoms with Crippen LogP contribution < -0.4 is 21.9 Å². The van der Waals surface area contributed by atoms with E-state index in [1.54, 1.807) is 0 Å². The van der Waals surface area contributed by atoms with E-state index in [0.29, 0.717) is 11.4 Å². The molecule has 0 aliphatic carbocycles. The second-order valence-corrected chi connectivity index (χ2v) is 8.57. The summed E-state index contributed by atoms with van der Waals surface area (Å²) in [6.07, 6.45) is 0.571. The normalized spacial score (nSPS) is 11.6. The molecule has 206 valence electrons. The summed E-state index contributed by atoms with van der Waals surface area (Å²) in [5.74, 6) is -4.53. The number of H-pyrrole nitrogens is 1. The predicted molar refractivity (Wildman–Crippen MR) is 141 cm³/mol. The molecule has 2 aromatic heterocycles. The minimum absolute atomic E-state index is 0.0122. The summed E-state index contributed by atoms with van der Waals surface area (Å²) in [4.78, 5) is 62.3. The van der Waals surface area contributed by atoms with Crippen LogP contribution in [0.2, 0.25) is 0 Å². The number of benzene rings is 2. The number of aromatic hydroxyl groups is 2. The number of phenols is 2. The van der Waals surface area contributed by atoms with Gasteiger partial charge in [-0.05, 0) is 30.7 Å². The number of carbonyl (C=O) groups is 3. The second kappa shape index (κ2) is 11.3. The molecule has 0 fully saturated rings. The fraction of sp³-hybridized carbons (Fsp3) is 0.160. The number of fused-ring (bicyclic) bond motifs is 1. The number of rotatable bonds is 10. The maximum absolute atomic E-state index is 13.1. The van der Waals surface area contributed by atoms with Crippen LogP contribution in [0.3, 0.4) is 0 Å². The summed E-state index contributed by atoms with van der Waals surface area (Å²) in [5, 5.41) is 44.2. The van der Waals surface area contributed by atoms with Gasteiger partial charge in [0.05, 0.1) is 18.4 Å². The fourth-order valence-electron chi connectivity index (χ4n) is 3.83. The van der Waals surface area contributed by atoms with Crippen LogP contribution in [0.5, 0.6) is 11.5 Å². The monoisotopic (exact) mass is 549 g/mol. The number of carboxylic acids is 2. The van der Waals surface area contributed by atoms with Crippen LogP contribution in [0.15, 0.2) is 47.4 Å². The first kappa shape index (κ1) is 27.3. The molecule has 4 rings (SSSR count). The number of aliphatic carboxylic acids is 2. The molecule has 0 aliphatic rings. The average molecular weight is 550 g/mol. The Labute approximate surface area is 224 Å². The van der Waals surface area contributed by atoms with Crippen LogP contribution in [0, 0.1) is 0 Å². The Kier molecular flexibility index (Phi) is 7.74. The number of hydrogen-bond acceptors (Lipinski definition) is 11. The van der Waals surface area contributed by atoms with E-state index in [1.165, 1.54) is 42.6 Å². The van der Waals surface area contributed by atoms with Gasteiger partial charge in [-0.3, -0.25) is 19.4 Å². The highest BCUT2D eigenvalue weighted by Crippen LogP contribution is 2.39. The summed E-state index contributed by atoms with van der Waals surface area (Å²) in [7, 11) is 0. The molecule has 0 bridgehead atoms. The van der Waals surface area contributed by atoms with Crippen molar-refractivity contribution in [2.24, 2.45) is 0 Å². The van der Waals surface area contributed by atoms with Gasteiger partial charge in [0.25, 0.3) is 11.5 Å². The number of nitrogens with one attached hydrogen (secondary N) is 3. The zero-order chi connectivity index (χ0) is 29.0. The molecule has 9 N–H and O–H groups in total. The Bertz CT molecular complexity index is 1690. The number of nitrogens with zero attached hydrogens (tertiary/aromatic N) is 3. The molecule has 4 aromatic rings. The Hall–Kier alpha value is -5.73. The van der Waals surface area contributed by atoms with Gasteiger partial charge in [-0.2, -0.15) is 4.98 Å². The molecule has 0 unspecified atom stereocenters. The molecule has 15 heteroatoms. The van der Waals surface area contributed by atoms with Crippen LogP contribution in [0.25, 0.3) is 22.3 Å². The summed E-state index contributed by atoms with van der Waals surface area (Å²) in [6.45, 7) is 0.0834. The molecular formula is C25H23N7O8. The van der Waals surface area contributed by atoms with Crippen LogP contribution >= 0.6 is 0 Å².